The molecule has 2 aromatic heterocycles. The molecule has 2 heterocycles. The highest BCUT2D eigenvalue weighted by molar-refractivity contribution is 7.98. The lowest BCUT2D eigenvalue weighted by Gasteiger charge is -2.05. The molecule has 0 saturated carbocycles. The highest BCUT2D eigenvalue weighted by atomic mass is 32.2. The quantitative estimate of drug-likeness (QED) is 0.643. The molecule has 26 heavy (non-hydrogen) atoms. The first kappa shape index (κ1) is 18.3. The number of thioether (sulfide) groups is 1. The van der Waals surface area contributed by atoms with E-state index in [4.69, 9.17) is 4.42 Å². The van der Waals surface area contributed by atoms with Crippen LogP contribution in [0.2, 0.25) is 0 Å². The maximum atomic E-state index is 12.2. The minimum absolute atomic E-state index is 0.189. The molecular weight excluding hydrogens is 346 g/mol. The van der Waals surface area contributed by atoms with Gasteiger partial charge in [-0.05, 0) is 62.4 Å². The van der Waals surface area contributed by atoms with Crippen molar-refractivity contribution < 1.29 is 9.21 Å². The summed E-state index contributed by atoms with van der Waals surface area (Å²) in [6.07, 6.45) is 2.85. The van der Waals surface area contributed by atoms with Crippen LogP contribution in [-0.4, -0.2) is 28.5 Å². The maximum Gasteiger partial charge on any atom is 0.287 e. The normalized spacial score (nSPS) is 10.9. The largest absolute Gasteiger partial charge is 0.454 e. The SMILES string of the molecule is CSc1ccc(CCNC(=O)c2ccc(Cn3nc(C)cc3C)o2)cc1. The Morgan fingerprint density at radius 3 is 2.62 bits per heavy atom. The van der Waals surface area contributed by atoms with Gasteiger partial charge in [0.15, 0.2) is 5.76 Å². The fourth-order valence-corrected chi connectivity index (χ4v) is 3.18. The van der Waals surface area contributed by atoms with Crippen LogP contribution >= 0.6 is 11.8 Å². The first-order valence-electron chi connectivity index (χ1n) is 8.56. The molecule has 0 aliphatic rings. The second kappa shape index (κ2) is 8.27. The second-order valence-electron chi connectivity index (χ2n) is 6.20. The number of carbonyl (C=O) groups excluding carboxylic acids is 1. The summed E-state index contributed by atoms with van der Waals surface area (Å²) in [6.45, 7) is 5.06. The number of aromatic nitrogens is 2. The molecule has 0 aliphatic carbocycles. The first-order chi connectivity index (χ1) is 12.5. The van der Waals surface area contributed by atoms with Crippen LogP contribution in [0.15, 0.2) is 51.8 Å². The van der Waals surface area contributed by atoms with Crippen molar-refractivity contribution >= 4 is 17.7 Å². The number of nitrogens with one attached hydrogen (secondary N) is 1. The Kier molecular flexibility index (Phi) is 5.83. The molecule has 0 saturated heterocycles. The topological polar surface area (TPSA) is 60.1 Å². The summed E-state index contributed by atoms with van der Waals surface area (Å²) in [7, 11) is 0. The Morgan fingerprint density at radius 1 is 1.19 bits per heavy atom. The van der Waals surface area contributed by atoms with Crippen LogP contribution < -0.4 is 5.32 Å². The lowest BCUT2D eigenvalue weighted by molar-refractivity contribution is 0.0924. The molecule has 0 aliphatic heterocycles. The van der Waals surface area contributed by atoms with Crippen LogP contribution in [0.4, 0.5) is 0 Å². The molecule has 0 radical (unpaired) electrons. The van der Waals surface area contributed by atoms with E-state index in [1.165, 1.54) is 10.5 Å². The molecule has 1 amide bonds. The number of hydrogen-bond donors (Lipinski definition) is 1. The fraction of sp³-hybridized carbons (Fsp3) is 0.300. The van der Waals surface area contributed by atoms with Gasteiger partial charge < -0.3 is 9.73 Å². The Bertz CT molecular complexity index is 881. The van der Waals surface area contributed by atoms with Crippen molar-refractivity contribution in [3.8, 4) is 0 Å². The van der Waals surface area contributed by atoms with Gasteiger partial charge in [-0.25, -0.2) is 0 Å². The monoisotopic (exact) mass is 369 g/mol. The molecule has 3 rings (SSSR count). The summed E-state index contributed by atoms with van der Waals surface area (Å²) in [5.74, 6) is 0.860. The van der Waals surface area contributed by atoms with Gasteiger partial charge in [0, 0.05) is 17.1 Å². The molecule has 1 aromatic carbocycles. The number of benzene rings is 1. The third-order valence-electron chi connectivity index (χ3n) is 4.15. The van der Waals surface area contributed by atoms with Gasteiger partial charge in [0.25, 0.3) is 5.91 Å². The molecule has 6 heteroatoms. The molecule has 0 fully saturated rings. The lowest BCUT2D eigenvalue weighted by atomic mass is 10.1. The minimum Gasteiger partial charge on any atom is -0.454 e. The van der Waals surface area contributed by atoms with Crippen molar-refractivity contribution in [3.05, 3.63) is 70.9 Å². The number of carbonyl (C=O) groups is 1. The van der Waals surface area contributed by atoms with Crippen LogP contribution in [0.3, 0.4) is 0 Å². The van der Waals surface area contributed by atoms with Crippen molar-refractivity contribution in [3.63, 3.8) is 0 Å². The van der Waals surface area contributed by atoms with Crippen LogP contribution in [0.25, 0.3) is 0 Å². The predicted octanol–water partition coefficient (Wildman–Crippen LogP) is 3.84. The number of hydrogen-bond acceptors (Lipinski definition) is 4. The van der Waals surface area contributed by atoms with Gasteiger partial charge >= 0.3 is 0 Å². The third-order valence-corrected chi connectivity index (χ3v) is 4.90. The van der Waals surface area contributed by atoms with Crippen molar-refractivity contribution in [1.29, 1.82) is 0 Å². The Labute approximate surface area is 157 Å². The summed E-state index contributed by atoms with van der Waals surface area (Å²) in [4.78, 5) is 13.5. The summed E-state index contributed by atoms with van der Waals surface area (Å²) in [5, 5.41) is 7.32. The van der Waals surface area contributed by atoms with Crippen molar-refractivity contribution in [2.45, 2.75) is 31.7 Å². The average Bonchev–Trinajstić information content (AvgIpc) is 3.22. The predicted molar refractivity (Wildman–Crippen MR) is 104 cm³/mol. The molecule has 0 bridgehead atoms. The summed E-state index contributed by atoms with van der Waals surface area (Å²) in [5.41, 5.74) is 3.24. The van der Waals surface area contributed by atoms with Crippen LogP contribution in [0.5, 0.6) is 0 Å². The van der Waals surface area contributed by atoms with E-state index in [2.05, 4.69) is 40.9 Å². The molecule has 0 spiro atoms. The summed E-state index contributed by atoms with van der Waals surface area (Å²) < 4.78 is 7.54. The smallest absolute Gasteiger partial charge is 0.287 e. The zero-order valence-electron chi connectivity index (χ0n) is 15.3. The Balaban J connectivity index is 1.52. The highest BCUT2D eigenvalue weighted by Gasteiger charge is 2.12. The van der Waals surface area contributed by atoms with Gasteiger partial charge in [-0.1, -0.05) is 12.1 Å². The summed E-state index contributed by atoms with van der Waals surface area (Å²) in [6, 6.07) is 13.9. The molecule has 0 unspecified atom stereocenters. The van der Waals surface area contributed by atoms with E-state index in [9.17, 15) is 4.79 Å². The van der Waals surface area contributed by atoms with Gasteiger partial charge in [-0.3, -0.25) is 9.48 Å². The number of rotatable bonds is 7. The Hall–Kier alpha value is -2.47. The van der Waals surface area contributed by atoms with E-state index in [1.54, 1.807) is 17.8 Å². The van der Waals surface area contributed by atoms with E-state index in [0.29, 0.717) is 24.6 Å². The van der Waals surface area contributed by atoms with E-state index in [-0.39, 0.29) is 5.91 Å². The average molecular weight is 369 g/mol. The van der Waals surface area contributed by atoms with E-state index < -0.39 is 0 Å². The molecule has 136 valence electrons. The van der Waals surface area contributed by atoms with Crippen molar-refractivity contribution in [1.82, 2.24) is 15.1 Å². The first-order valence-corrected chi connectivity index (χ1v) is 9.78. The third kappa shape index (κ3) is 4.58. The molecule has 5 nitrogen and oxygen atoms in total. The maximum absolute atomic E-state index is 12.2. The van der Waals surface area contributed by atoms with Crippen molar-refractivity contribution in [2.75, 3.05) is 12.8 Å². The van der Waals surface area contributed by atoms with Gasteiger partial charge in [0.2, 0.25) is 0 Å². The number of amides is 1. The number of aryl methyl sites for hydroxylation is 2. The van der Waals surface area contributed by atoms with E-state index >= 15 is 0 Å². The van der Waals surface area contributed by atoms with Gasteiger partial charge in [-0.2, -0.15) is 5.10 Å². The molecule has 1 N–H and O–H groups in total. The van der Waals surface area contributed by atoms with Crippen molar-refractivity contribution in [2.24, 2.45) is 0 Å². The van der Waals surface area contributed by atoms with Crippen LogP contribution in [0, 0.1) is 13.8 Å². The van der Waals surface area contributed by atoms with Gasteiger partial charge in [0.05, 0.1) is 12.2 Å². The van der Waals surface area contributed by atoms with E-state index in [0.717, 1.165) is 17.8 Å². The molecule has 0 atom stereocenters. The minimum atomic E-state index is -0.189. The number of nitrogens with zero attached hydrogens (tertiary/aromatic N) is 2. The standard InChI is InChI=1S/C20H23N3O2S/c1-14-12-15(2)23(22-14)13-17-6-9-19(25-17)20(24)21-11-10-16-4-7-18(26-3)8-5-16/h4-9,12H,10-11,13H2,1-3H3,(H,21,24). The molecular formula is C20H23N3O2S. The van der Waals surface area contributed by atoms with Gasteiger partial charge in [-0.15, -0.1) is 11.8 Å². The van der Waals surface area contributed by atoms with E-state index in [1.807, 2.05) is 30.7 Å². The van der Waals surface area contributed by atoms with Crippen LogP contribution in [-0.2, 0) is 13.0 Å². The molecule has 3 aromatic rings. The van der Waals surface area contributed by atoms with Crippen LogP contribution in [0.1, 0.15) is 33.3 Å². The lowest BCUT2D eigenvalue weighted by Crippen LogP contribution is -2.25. The number of furan rings is 1. The summed E-state index contributed by atoms with van der Waals surface area (Å²) >= 11 is 1.72. The second-order valence-corrected chi connectivity index (χ2v) is 7.08. The zero-order chi connectivity index (χ0) is 18.5. The zero-order valence-corrected chi connectivity index (χ0v) is 16.1. The van der Waals surface area contributed by atoms with Gasteiger partial charge in [0.1, 0.15) is 5.76 Å². The Morgan fingerprint density at radius 2 is 1.96 bits per heavy atom. The fourth-order valence-electron chi connectivity index (χ4n) is 2.77. The highest BCUT2D eigenvalue weighted by Crippen LogP contribution is 2.15.